The molecule has 4 nitrogen and oxygen atoms in total. The molecule has 0 atom stereocenters. The van der Waals surface area contributed by atoms with Crippen molar-refractivity contribution in [2.24, 2.45) is 0 Å². The van der Waals surface area contributed by atoms with Crippen LogP contribution in [0.25, 0.3) is 0 Å². The van der Waals surface area contributed by atoms with Crippen LogP contribution < -0.4 is 0 Å². The van der Waals surface area contributed by atoms with E-state index in [2.05, 4.69) is 0 Å². The molecular formula is C10H11NO3. The molecule has 0 spiro atoms. The summed E-state index contributed by atoms with van der Waals surface area (Å²) in [5.41, 5.74) is 0.993. The summed E-state index contributed by atoms with van der Waals surface area (Å²) in [7, 11) is 0. The van der Waals surface area contributed by atoms with Gasteiger partial charge in [0.2, 0.25) is 0 Å². The molecule has 0 unspecified atom stereocenters. The summed E-state index contributed by atoms with van der Waals surface area (Å²) >= 11 is 0. The smallest absolute Gasteiger partial charge is 0.273 e. The zero-order valence-electron chi connectivity index (χ0n) is 8.11. The van der Waals surface area contributed by atoms with Crippen LogP contribution in [0.1, 0.15) is 29.8 Å². The topological polar surface area (TPSA) is 60.2 Å². The third-order valence-corrected chi connectivity index (χ3v) is 2.08. The Labute approximate surface area is 81.7 Å². The lowest BCUT2D eigenvalue weighted by Crippen LogP contribution is -2.02. The maximum atomic E-state index is 11.2. The van der Waals surface area contributed by atoms with Crippen molar-refractivity contribution in [2.75, 3.05) is 0 Å². The van der Waals surface area contributed by atoms with Crippen LogP contribution in [-0.4, -0.2) is 10.7 Å². The van der Waals surface area contributed by atoms with Crippen molar-refractivity contribution in [1.82, 2.24) is 0 Å². The van der Waals surface area contributed by atoms with E-state index in [1.54, 1.807) is 13.0 Å². The molecule has 0 aliphatic heterocycles. The van der Waals surface area contributed by atoms with Gasteiger partial charge in [-0.2, -0.15) is 0 Å². The molecule has 0 aromatic heterocycles. The summed E-state index contributed by atoms with van der Waals surface area (Å²) in [5, 5.41) is 10.6. The van der Waals surface area contributed by atoms with Crippen molar-refractivity contribution < 1.29 is 9.72 Å². The molecule has 1 rings (SSSR count). The van der Waals surface area contributed by atoms with Crippen molar-refractivity contribution >= 4 is 11.5 Å². The maximum Gasteiger partial charge on any atom is 0.273 e. The Bertz CT molecular complexity index is 353. The molecular weight excluding hydrogens is 182 g/mol. The number of ketones is 1. The highest BCUT2D eigenvalue weighted by Crippen LogP contribution is 2.22. The van der Waals surface area contributed by atoms with E-state index in [0.29, 0.717) is 17.5 Å². The third-order valence-electron chi connectivity index (χ3n) is 2.08. The number of nitrogens with zero attached hydrogens (tertiary/aromatic N) is 1. The Morgan fingerprint density at radius 1 is 1.50 bits per heavy atom. The molecule has 0 saturated heterocycles. The minimum Gasteiger partial charge on any atom is -0.294 e. The van der Waals surface area contributed by atoms with Gasteiger partial charge in [-0.3, -0.25) is 14.9 Å². The lowest BCUT2D eigenvalue weighted by atomic mass is 10.0. The zero-order valence-corrected chi connectivity index (χ0v) is 8.11. The lowest BCUT2D eigenvalue weighted by molar-refractivity contribution is -0.385. The number of benzene rings is 1. The Hall–Kier alpha value is -1.71. The number of carbonyl (C=O) groups is 1. The van der Waals surface area contributed by atoms with E-state index >= 15 is 0 Å². The minimum atomic E-state index is -0.453. The maximum absolute atomic E-state index is 11.2. The molecule has 74 valence electrons. The van der Waals surface area contributed by atoms with Gasteiger partial charge in [0.15, 0.2) is 5.78 Å². The van der Waals surface area contributed by atoms with Crippen LogP contribution in [0.2, 0.25) is 0 Å². The fraction of sp³-hybridized carbons (Fsp3) is 0.300. The Balaban J connectivity index is 3.39. The average molecular weight is 193 g/mol. The van der Waals surface area contributed by atoms with Gasteiger partial charge in [0.25, 0.3) is 5.69 Å². The van der Waals surface area contributed by atoms with Crippen LogP contribution in [-0.2, 0) is 6.42 Å². The number of rotatable bonds is 3. The molecule has 4 heteroatoms. The summed E-state index contributed by atoms with van der Waals surface area (Å²) < 4.78 is 0. The molecule has 0 amide bonds. The molecule has 1 aromatic rings. The summed E-state index contributed by atoms with van der Waals surface area (Å²) in [5.74, 6) is -0.134. The SMILES string of the molecule is CCc1c(C(C)=O)cccc1[N+](=O)[O-]. The highest BCUT2D eigenvalue weighted by Gasteiger charge is 2.17. The molecule has 1 aromatic carbocycles. The van der Waals surface area contributed by atoms with E-state index in [-0.39, 0.29) is 11.5 Å². The van der Waals surface area contributed by atoms with Crippen LogP contribution in [0.4, 0.5) is 5.69 Å². The number of nitro groups is 1. The minimum absolute atomic E-state index is 0.0280. The number of hydrogen-bond acceptors (Lipinski definition) is 3. The van der Waals surface area contributed by atoms with E-state index in [9.17, 15) is 14.9 Å². The van der Waals surface area contributed by atoms with Gasteiger partial charge in [-0.15, -0.1) is 0 Å². The lowest BCUT2D eigenvalue weighted by Gasteiger charge is -2.04. The first-order valence-electron chi connectivity index (χ1n) is 4.35. The van der Waals surface area contributed by atoms with Crippen LogP contribution in [0.5, 0.6) is 0 Å². The largest absolute Gasteiger partial charge is 0.294 e. The van der Waals surface area contributed by atoms with Gasteiger partial charge in [0.05, 0.1) is 4.92 Å². The molecule has 0 saturated carbocycles. The van der Waals surface area contributed by atoms with Crippen LogP contribution in [0.3, 0.4) is 0 Å². The van der Waals surface area contributed by atoms with E-state index in [0.717, 1.165) is 0 Å². The van der Waals surface area contributed by atoms with Crippen molar-refractivity contribution in [3.05, 3.63) is 39.4 Å². The van der Waals surface area contributed by atoms with E-state index in [4.69, 9.17) is 0 Å². The molecule has 0 N–H and O–H groups in total. The highest BCUT2D eigenvalue weighted by molar-refractivity contribution is 5.96. The van der Waals surface area contributed by atoms with Gasteiger partial charge in [-0.1, -0.05) is 19.1 Å². The van der Waals surface area contributed by atoms with Crippen molar-refractivity contribution in [3.8, 4) is 0 Å². The Kier molecular flexibility index (Phi) is 2.96. The zero-order chi connectivity index (χ0) is 10.7. The monoisotopic (exact) mass is 193 g/mol. The Morgan fingerprint density at radius 2 is 2.14 bits per heavy atom. The van der Waals surface area contributed by atoms with Gasteiger partial charge in [0, 0.05) is 17.2 Å². The standard InChI is InChI=1S/C10H11NO3/c1-3-8-9(7(2)12)5-4-6-10(8)11(13)14/h4-6H,3H2,1-2H3. The van der Waals surface area contributed by atoms with Crippen LogP contribution >= 0.6 is 0 Å². The number of nitro benzene ring substituents is 1. The van der Waals surface area contributed by atoms with Gasteiger partial charge < -0.3 is 0 Å². The predicted octanol–water partition coefficient (Wildman–Crippen LogP) is 2.36. The molecule has 0 bridgehead atoms. The second kappa shape index (κ2) is 4.00. The summed E-state index contributed by atoms with van der Waals surface area (Å²) in [4.78, 5) is 21.4. The van der Waals surface area contributed by atoms with Crippen molar-refractivity contribution in [2.45, 2.75) is 20.3 Å². The molecule has 0 aliphatic rings. The average Bonchev–Trinajstić information content (AvgIpc) is 2.16. The fourth-order valence-corrected chi connectivity index (χ4v) is 1.45. The van der Waals surface area contributed by atoms with Gasteiger partial charge in [0.1, 0.15) is 0 Å². The predicted molar refractivity (Wildman–Crippen MR) is 52.5 cm³/mol. The number of Topliss-reactive ketones (excluding diaryl/α,β-unsaturated/α-hetero) is 1. The van der Waals surface area contributed by atoms with Crippen molar-refractivity contribution in [1.29, 1.82) is 0 Å². The summed E-state index contributed by atoms with van der Waals surface area (Å²) in [6.45, 7) is 3.22. The molecule has 0 aliphatic carbocycles. The van der Waals surface area contributed by atoms with Gasteiger partial charge >= 0.3 is 0 Å². The highest BCUT2D eigenvalue weighted by atomic mass is 16.6. The normalized spacial score (nSPS) is 9.86. The second-order valence-corrected chi connectivity index (χ2v) is 2.97. The van der Waals surface area contributed by atoms with Crippen molar-refractivity contribution in [3.63, 3.8) is 0 Å². The second-order valence-electron chi connectivity index (χ2n) is 2.97. The molecule has 0 fully saturated rings. The van der Waals surface area contributed by atoms with E-state index in [1.165, 1.54) is 19.1 Å². The molecule has 14 heavy (non-hydrogen) atoms. The first kappa shape index (κ1) is 10.4. The quantitative estimate of drug-likeness (QED) is 0.420. The fourth-order valence-electron chi connectivity index (χ4n) is 1.45. The first-order valence-corrected chi connectivity index (χ1v) is 4.35. The van der Waals surface area contributed by atoms with Gasteiger partial charge in [-0.05, 0) is 13.3 Å². The van der Waals surface area contributed by atoms with E-state index < -0.39 is 4.92 Å². The van der Waals surface area contributed by atoms with Crippen LogP contribution in [0, 0.1) is 10.1 Å². The summed E-state index contributed by atoms with van der Waals surface area (Å²) in [6.07, 6.45) is 0.492. The molecule has 0 radical (unpaired) electrons. The van der Waals surface area contributed by atoms with E-state index in [1.807, 2.05) is 0 Å². The number of carbonyl (C=O) groups excluding carboxylic acids is 1. The first-order chi connectivity index (χ1) is 6.57. The third kappa shape index (κ3) is 1.79. The van der Waals surface area contributed by atoms with Crippen LogP contribution in [0.15, 0.2) is 18.2 Å². The Morgan fingerprint density at radius 3 is 2.57 bits per heavy atom. The van der Waals surface area contributed by atoms with Gasteiger partial charge in [-0.25, -0.2) is 0 Å². The number of hydrogen-bond donors (Lipinski definition) is 0. The summed E-state index contributed by atoms with van der Waals surface area (Å²) in [6, 6.07) is 4.58. The molecule has 0 heterocycles.